The fourth-order valence-electron chi connectivity index (χ4n) is 1.05. The van der Waals surface area contributed by atoms with Crippen LogP contribution in [-0.4, -0.2) is 18.1 Å². The monoisotopic (exact) mass is 361 g/mol. The lowest BCUT2D eigenvalue weighted by molar-refractivity contribution is -0.139. The number of hydrogen-bond donors (Lipinski definition) is 0. The van der Waals surface area contributed by atoms with Crippen LogP contribution in [-0.2, 0) is 16.0 Å². The third-order valence-corrected chi connectivity index (χ3v) is 3.34. The van der Waals surface area contributed by atoms with E-state index in [1.807, 2.05) is 0 Å². The zero-order valence-electron chi connectivity index (χ0n) is 8.14. The van der Waals surface area contributed by atoms with Gasteiger partial charge in [0.2, 0.25) is 0 Å². The predicted octanol–water partition coefficient (Wildman–Crippen LogP) is 2.99. The molecular formula is C9H7ClF2INO2. The number of esters is 1. The van der Waals surface area contributed by atoms with Crippen LogP contribution >= 0.6 is 34.2 Å². The first-order valence-corrected chi connectivity index (χ1v) is 5.60. The van der Waals surface area contributed by atoms with E-state index in [-0.39, 0.29) is 26.3 Å². The molecule has 7 heteroatoms. The molecule has 0 atom stereocenters. The summed E-state index contributed by atoms with van der Waals surface area (Å²) in [5.41, 5.74) is -0.0525. The molecule has 0 aliphatic carbocycles. The van der Waals surface area contributed by atoms with Crippen LogP contribution in [0.5, 0.6) is 0 Å². The number of halogens is 4. The van der Waals surface area contributed by atoms with Crippen molar-refractivity contribution in [1.29, 1.82) is 0 Å². The number of pyridine rings is 1. The summed E-state index contributed by atoms with van der Waals surface area (Å²) in [6.45, 7) is 0. The van der Waals surface area contributed by atoms with Gasteiger partial charge in [0.1, 0.15) is 0 Å². The van der Waals surface area contributed by atoms with Crippen LogP contribution in [0.4, 0.5) is 8.78 Å². The number of ether oxygens (including phenoxy) is 1. The highest BCUT2D eigenvalue weighted by Crippen LogP contribution is 2.32. The van der Waals surface area contributed by atoms with Crippen molar-refractivity contribution >= 4 is 40.2 Å². The second kappa shape index (κ2) is 5.72. The van der Waals surface area contributed by atoms with E-state index in [2.05, 4.69) is 9.72 Å². The van der Waals surface area contributed by atoms with E-state index in [9.17, 15) is 13.6 Å². The van der Waals surface area contributed by atoms with Gasteiger partial charge in [-0.25, -0.2) is 8.78 Å². The summed E-state index contributed by atoms with van der Waals surface area (Å²) >= 11 is 7.30. The largest absolute Gasteiger partial charge is 0.469 e. The molecule has 0 amide bonds. The Morgan fingerprint density at radius 2 is 2.31 bits per heavy atom. The maximum atomic E-state index is 12.7. The number of carbonyl (C=O) groups is 1. The maximum absolute atomic E-state index is 12.7. The van der Waals surface area contributed by atoms with Gasteiger partial charge >= 0.3 is 5.97 Å². The van der Waals surface area contributed by atoms with Gasteiger partial charge < -0.3 is 4.74 Å². The standard InChI is InChI=1S/C9H7ClF2INO2/c1-16-6(15)2-5-8(13)7(9(11)12)4(10)3-14-5/h3,9H,2H2,1H3. The number of alkyl halides is 2. The quantitative estimate of drug-likeness (QED) is 0.614. The molecule has 1 aromatic heterocycles. The number of hydrogen-bond acceptors (Lipinski definition) is 3. The van der Waals surface area contributed by atoms with Crippen LogP contribution in [0.3, 0.4) is 0 Å². The second-order valence-corrected chi connectivity index (χ2v) is 4.32. The van der Waals surface area contributed by atoms with E-state index < -0.39 is 12.4 Å². The number of rotatable bonds is 3. The van der Waals surface area contributed by atoms with Gasteiger partial charge in [-0.3, -0.25) is 9.78 Å². The van der Waals surface area contributed by atoms with Gasteiger partial charge in [-0.1, -0.05) is 11.6 Å². The van der Waals surface area contributed by atoms with Crippen molar-refractivity contribution in [2.24, 2.45) is 0 Å². The Balaban J connectivity index is 3.13. The highest BCUT2D eigenvalue weighted by atomic mass is 127. The lowest BCUT2D eigenvalue weighted by Gasteiger charge is -2.09. The third-order valence-electron chi connectivity index (χ3n) is 1.84. The van der Waals surface area contributed by atoms with Crippen molar-refractivity contribution in [1.82, 2.24) is 4.98 Å². The number of carbonyl (C=O) groups excluding carboxylic acids is 1. The summed E-state index contributed by atoms with van der Waals surface area (Å²) in [5.74, 6) is -0.534. The van der Waals surface area contributed by atoms with Crippen LogP contribution < -0.4 is 0 Å². The van der Waals surface area contributed by atoms with E-state index >= 15 is 0 Å². The zero-order chi connectivity index (χ0) is 12.3. The molecular weight excluding hydrogens is 354 g/mol. The summed E-state index contributed by atoms with van der Waals surface area (Å²) in [4.78, 5) is 14.8. The molecule has 0 aliphatic rings. The smallest absolute Gasteiger partial charge is 0.311 e. The van der Waals surface area contributed by atoms with E-state index in [1.54, 1.807) is 22.6 Å². The van der Waals surface area contributed by atoms with E-state index in [1.165, 1.54) is 7.11 Å². The van der Waals surface area contributed by atoms with Crippen LogP contribution in [0.15, 0.2) is 6.20 Å². The zero-order valence-corrected chi connectivity index (χ0v) is 11.1. The van der Waals surface area contributed by atoms with Gasteiger partial charge in [-0.2, -0.15) is 0 Å². The van der Waals surface area contributed by atoms with Gasteiger partial charge in [-0.05, 0) is 22.6 Å². The van der Waals surface area contributed by atoms with E-state index in [0.717, 1.165) is 6.20 Å². The van der Waals surface area contributed by atoms with E-state index in [4.69, 9.17) is 11.6 Å². The molecule has 1 rings (SSSR count). The van der Waals surface area contributed by atoms with Gasteiger partial charge in [0, 0.05) is 9.77 Å². The highest BCUT2D eigenvalue weighted by Gasteiger charge is 2.20. The summed E-state index contributed by atoms with van der Waals surface area (Å²) < 4.78 is 29.9. The molecule has 88 valence electrons. The average Bonchev–Trinajstić information content (AvgIpc) is 2.21. The minimum absolute atomic E-state index is 0.104. The minimum atomic E-state index is -2.70. The van der Waals surface area contributed by atoms with Gasteiger partial charge in [0.15, 0.2) is 0 Å². The fraction of sp³-hybridized carbons (Fsp3) is 0.333. The first kappa shape index (κ1) is 13.6. The molecule has 0 bridgehead atoms. The summed E-state index contributed by atoms with van der Waals surface area (Å²) in [6.07, 6.45) is -1.73. The number of aromatic nitrogens is 1. The molecule has 0 fully saturated rings. The van der Waals surface area contributed by atoms with Crippen molar-refractivity contribution in [3.63, 3.8) is 0 Å². The third kappa shape index (κ3) is 3.00. The molecule has 3 nitrogen and oxygen atoms in total. The summed E-state index contributed by atoms with van der Waals surface area (Å²) in [5, 5.41) is -0.104. The van der Waals surface area contributed by atoms with Crippen LogP contribution in [0.25, 0.3) is 0 Å². The van der Waals surface area contributed by atoms with Gasteiger partial charge in [0.25, 0.3) is 6.43 Å². The molecule has 0 radical (unpaired) electrons. The number of nitrogens with zero attached hydrogens (tertiary/aromatic N) is 1. The lowest BCUT2D eigenvalue weighted by atomic mass is 10.2. The highest BCUT2D eigenvalue weighted by molar-refractivity contribution is 14.1. The molecule has 0 saturated carbocycles. The van der Waals surface area contributed by atoms with Crippen molar-refractivity contribution in [3.8, 4) is 0 Å². The maximum Gasteiger partial charge on any atom is 0.311 e. The lowest BCUT2D eigenvalue weighted by Crippen LogP contribution is -2.09. The summed E-state index contributed by atoms with van der Waals surface area (Å²) in [6, 6.07) is 0. The van der Waals surface area contributed by atoms with Crippen molar-refractivity contribution in [3.05, 3.63) is 26.0 Å². The molecule has 0 aliphatic heterocycles. The Labute approximate surface area is 109 Å². The Bertz CT molecular complexity index is 415. The number of methoxy groups -OCH3 is 1. The molecule has 1 heterocycles. The van der Waals surface area contributed by atoms with Crippen molar-refractivity contribution < 1.29 is 18.3 Å². The van der Waals surface area contributed by atoms with Crippen LogP contribution in [0.2, 0.25) is 5.02 Å². The minimum Gasteiger partial charge on any atom is -0.469 e. The van der Waals surface area contributed by atoms with Gasteiger partial charge in [-0.15, -0.1) is 0 Å². The normalized spacial score (nSPS) is 10.6. The first-order chi connectivity index (χ1) is 7.47. The van der Waals surface area contributed by atoms with E-state index in [0.29, 0.717) is 0 Å². The predicted molar refractivity (Wildman–Crippen MR) is 62.6 cm³/mol. The molecule has 16 heavy (non-hydrogen) atoms. The first-order valence-electron chi connectivity index (χ1n) is 4.15. The Morgan fingerprint density at radius 3 is 2.81 bits per heavy atom. The fourth-order valence-corrected chi connectivity index (χ4v) is 2.29. The van der Waals surface area contributed by atoms with Crippen LogP contribution in [0, 0.1) is 3.57 Å². The topological polar surface area (TPSA) is 39.2 Å². The second-order valence-electron chi connectivity index (χ2n) is 2.83. The molecule has 0 aromatic carbocycles. The molecule has 0 saturated heterocycles. The Morgan fingerprint density at radius 1 is 1.69 bits per heavy atom. The SMILES string of the molecule is COC(=O)Cc1ncc(Cl)c(C(F)F)c1I. The summed E-state index contributed by atoms with van der Waals surface area (Å²) in [7, 11) is 1.22. The molecule has 1 aromatic rings. The van der Waals surface area contributed by atoms with Crippen LogP contribution in [0.1, 0.15) is 17.7 Å². The molecule has 0 N–H and O–H groups in total. The Kier molecular flexibility index (Phi) is 4.85. The molecule has 0 spiro atoms. The average molecular weight is 362 g/mol. The van der Waals surface area contributed by atoms with Crippen molar-refractivity contribution in [2.45, 2.75) is 12.8 Å². The van der Waals surface area contributed by atoms with Gasteiger partial charge in [0.05, 0.1) is 29.8 Å². The van der Waals surface area contributed by atoms with Crippen molar-refractivity contribution in [2.75, 3.05) is 7.11 Å². The molecule has 0 unspecified atom stereocenters. The Hall–Kier alpha value is -0.500.